The normalized spacial score (nSPS) is 22.7. The van der Waals surface area contributed by atoms with Crippen molar-refractivity contribution < 1.29 is 22.7 Å². The molecule has 4 heterocycles. The van der Waals surface area contributed by atoms with Crippen molar-refractivity contribution in [1.29, 1.82) is 0 Å². The molecule has 0 atom stereocenters. The minimum Gasteiger partial charge on any atom is -0.488 e. The molecule has 1 aliphatic heterocycles. The third-order valence-electron chi connectivity index (χ3n) is 5.69. The highest BCUT2D eigenvalue weighted by Gasteiger charge is 2.49. The molecule has 1 aliphatic carbocycles. The minimum atomic E-state index is -4.67. The molecule has 5 rings (SSSR count). The second-order valence-electron chi connectivity index (χ2n) is 7.77. The summed E-state index contributed by atoms with van der Waals surface area (Å²) in [4.78, 5) is 20.4. The molecule has 0 unspecified atom stereocenters. The number of carbonyl (C=O) groups excluding carboxylic acids is 1. The Labute approximate surface area is 173 Å². The molecule has 0 radical (unpaired) electrons. The Hall–Kier alpha value is -3.41. The number of rotatable bonds is 4. The Kier molecular flexibility index (Phi) is 4.29. The van der Waals surface area contributed by atoms with E-state index in [1.807, 2.05) is 0 Å². The summed E-state index contributed by atoms with van der Waals surface area (Å²) in [6, 6.07) is 2.38. The number of pyridine rings is 1. The van der Waals surface area contributed by atoms with Crippen molar-refractivity contribution in [2.45, 2.75) is 37.1 Å². The molecule has 12 heteroatoms. The lowest BCUT2D eigenvalue weighted by Gasteiger charge is -2.54. The van der Waals surface area contributed by atoms with E-state index in [9.17, 15) is 18.0 Å². The minimum absolute atomic E-state index is 0.00362. The summed E-state index contributed by atoms with van der Waals surface area (Å²) >= 11 is 0. The summed E-state index contributed by atoms with van der Waals surface area (Å²) in [5, 5.41) is 9.89. The molecule has 1 amide bonds. The molecule has 9 nitrogen and oxygen atoms in total. The van der Waals surface area contributed by atoms with Crippen LogP contribution < -0.4 is 21.1 Å². The van der Waals surface area contributed by atoms with Crippen LogP contribution in [0, 0.1) is 0 Å². The Balaban J connectivity index is 1.39. The van der Waals surface area contributed by atoms with Crippen LogP contribution in [-0.4, -0.2) is 43.7 Å². The lowest BCUT2D eigenvalue weighted by molar-refractivity contribution is -0.141. The van der Waals surface area contributed by atoms with Gasteiger partial charge < -0.3 is 21.1 Å². The number of carbonyl (C=O) groups is 1. The monoisotopic (exact) mass is 433 g/mol. The predicted molar refractivity (Wildman–Crippen MR) is 104 cm³/mol. The summed E-state index contributed by atoms with van der Waals surface area (Å²) in [7, 11) is 0. The largest absolute Gasteiger partial charge is 0.488 e. The van der Waals surface area contributed by atoms with Crippen molar-refractivity contribution in [1.82, 2.24) is 24.9 Å². The Morgan fingerprint density at radius 3 is 2.81 bits per heavy atom. The SMILES string of the molecule is Nc1nn2ccc(C(F)(F)F)nc2c1C(=O)Nc1cnccc1OC1CC2(CCN2)C1. The molecule has 162 valence electrons. The predicted octanol–water partition coefficient (Wildman–Crippen LogP) is 2.25. The summed E-state index contributed by atoms with van der Waals surface area (Å²) in [6.07, 6.45) is 2.17. The molecule has 3 aromatic rings. The van der Waals surface area contributed by atoms with E-state index in [1.165, 1.54) is 12.4 Å². The molecule has 1 spiro atoms. The molecule has 3 aromatic heterocycles. The van der Waals surface area contributed by atoms with Gasteiger partial charge in [0.15, 0.2) is 11.5 Å². The van der Waals surface area contributed by atoms with Crippen LogP contribution >= 0.6 is 0 Å². The van der Waals surface area contributed by atoms with Crippen molar-refractivity contribution in [3.05, 3.63) is 42.0 Å². The van der Waals surface area contributed by atoms with Gasteiger partial charge in [-0.25, -0.2) is 9.50 Å². The van der Waals surface area contributed by atoms with E-state index >= 15 is 0 Å². The highest BCUT2D eigenvalue weighted by molar-refractivity contribution is 6.12. The number of hydrogen-bond donors (Lipinski definition) is 3. The van der Waals surface area contributed by atoms with Gasteiger partial charge in [0, 0.05) is 36.8 Å². The fraction of sp³-hybridized carbons (Fsp3) is 0.368. The van der Waals surface area contributed by atoms with Crippen LogP contribution in [-0.2, 0) is 6.18 Å². The molecule has 0 aromatic carbocycles. The van der Waals surface area contributed by atoms with Gasteiger partial charge in [-0.05, 0) is 19.0 Å². The third-order valence-corrected chi connectivity index (χ3v) is 5.69. The van der Waals surface area contributed by atoms with Crippen LogP contribution in [0.25, 0.3) is 5.65 Å². The summed E-state index contributed by atoms with van der Waals surface area (Å²) in [6.45, 7) is 1.01. The fourth-order valence-electron chi connectivity index (χ4n) is 3.99. The van der Waals surface area contributed by atoms with Crippen molar-refractivity contribution in [2.24, 2.45) is 0 Å². The first kappa shape index (κ1) is 19.5. The average molecular weight is 433 g/mol. The van der Waals surface area contributed by atoms with Crippen molar-refractivity contribution in [3.8, 4) is 5.75 Å². The number of amides is 1. The Morgan fingerprint density at radius 2 is 2.13 bits per heavy atom. The molecular weight excluding hydrogens is 415 g/mol. The van der Waals surface area contributed by atoms with E-state index in [4.69, 9.17) is 10.5 Å². The number of nitrogen functional groups attached to an aromatic ring is 1. The van der Waals surface area contributed by atoms with Gasteiger partial charge in [0.05, 0.1) is 6.20 Å². The number of nitrogens with one attached hydrogen (secondary N) is 2. The van der Waals surface area contributed by atoms with Gasteiger partial charge in [0.25, 0.3) is 5.91 Å². The number of alkyl halides is 3. The van der Waals surface area contributed by atoms with E-state index in [0.717, 1.165) is 42.6 Å². The average Bonchev–Trinajstić information content (AvgIpc) is 2.98. The van der Waals surface area contributed by atoms with E-state index in [2.05, 4.69) is 25.7 Å². The maximum atomic E-state index is 13.0. The zero-order valence-electron chi connectivity index (χ0n) is 16.1. The second kappa shape index (κ2) is 6.80. The van der Waals surface area contributed by atoms with Crippen LogP contribution in [0.1, 0.15) is 35.3 Å². The number of hydrogen-bond acceptors (Lipinski definition) is 7. The van der Waals surface area contributed by atoms with Crippen molar-refractivity contribution in [2.75, 3.05) is 17.6 Å². The van der Waals surface area contributed by atoms with Crippen molar-refractivity contribution in [3.63, 3.8) is 0 Å². The van der Waals surface area contributed by atoms with E-state index in [1.54, 1.807) is 6.07 Å². The Bertz CT molecular complexity index is 1170. The number of ether oxygens (including phenoxy) is 1. The van der Waals surface area contributed by atoms with Gasteiger partial charge in [-0.3, -0.25) is 9.78 Å². The zero-order chi connectivity index (χ0) is 21.8. The van der Waals surface area contributed by atoms with E-state index in [-0.39, 0.29) is 34.4 Å². The lowest BCUT2D eigenvalue weighted by atomic mass is 9.68. The van der Waals surface area contributed by atoms with Gasteiger partial charge in [0.1, 0.15) is 28.8 Å². The quantitative estimate of drug-likeness (QED) is 0.577. The number of nitrogens with zero attached hydrogens (tertiary/aromatic N) is 4. The van der Waals surface area contributed by atoms with E-state index in [0.29, 0.717) is 5.75 Å². The van der Waals surface area contributed by atoms with Crippen LogP contribution in [0.4, 0.5) is 24.7 Å². The smallest absolute Gasteiger partial charge is 0.433 e. The molecule has 2 fully saturated rings. The highest BCUT2D eigenvalue weighted by atomic mass is 19.4. The highest BCUT2D eigenvalue weighted by Crippen LogP contribution is 2.42. The van der Waals surface area contributed by atoms with Gasteiger partial charge >= 0.3 is 6.18 Å². The molecule has 0 bridgehead atoms. The summed E-state index contributed by atoms with van der Waals surface area (Å²) in [5.74, 6) is -0.586. The first-order valence-corrected chi connectivity index (χ1v) is 9.63. The first-order valence-electron chi connectivity index (χ1n) is 9.63. The molecule has 1 saturated carbocycles. The number of anilines is 2. The van der Waals surface area contributed by atoms with Gasteiger partial charge in [-0.1, -0.05) is 0 Å². The van der Waals surface area contributed by atoms with Crippen LogP contribution in [0.15, 0.2) is 30.7 Å². The topological polar surface area (TPSA) is 119 Å². The van der Waals surface area contributed by atoms with Crippen LogP contribution in [0.5, 0.6) is 5.75 Å². The summed E-state index contributed by atoms with van der Waals surface area (Å²) < 4.78 is 46.2. The van der Waals surface area contributed by atoms with Gasteiger partial charge in [-0.2, -0.15) is 13.2 Å². The Morgan fingerprint density at radius 1 is 1.35 bits per heavy atom. The van der Waals surface area contributed by atoms with E-state index < -0.39 is 17.8 Å². The molecule has 31 heavy (non-hydrogen) atoms. The molecule has 1 saturated heterocycles. The number of halogens is 3. The van der Waals surface area contributed by atoms with Crippen molar-refractivity contribution >= 4 is 23.1 Å². The zero-order valence-corrected chi connectivity index (χ0v) is 16.1. The van der Waals surface area contributed by atoms with Gasteiger partial charge in [0.2, 0.25) is 0 Å². The molecule has 4 N–H and O–H groups in total. The lowest BCUT2D eigenvalue weighted by Crippen LogP contribution is -2.67. The fourth-order valence-corrected chi connectivity index (χ4v) is 3.99. The van der Waals surface area contributed by atoms with Crippen LogP contribution in [0.2, 0.25) is 0 Å². The number of aromatic nitrogens is 4. The molecule has 2 aliphatic rings. The molecular formula is C19H18F3N7O2. The third kappa shape index (κ3) is 3.42. The standard InChI is InChI=1S/C19H18F3N7O2/c20-19(21,22)13-2-6-29-16(27-13)14(15(23)28-29)17(30)26-11-9-24-4-1-12(11)31-10-7-18(8-10)3-5-25-18/h1-2,4,6,9-10,25H,3,5,7-8H2,(H2,23,28)(H,26,30). The van der Waals surface area contributed by atoms with Crippen LogP contribution in [0.3, 0.4) is 0 Å². The summed E-state index contributed by atoms with van der Waals surface area (Å²) in [5.41, 5.74) is 4.54. The maximum absolute atomic E-state index is 13.0. The maximum Gasteiger partial charge on any atom is 0.433 e. The first-order chi connectivity index (χ1) is 14.7. The number of nitrogens with two attached hydrogens (primary N) is 1. The second-order valence-corrected chi connectivity index (χ2v) is 7.77. The number of fused-ring (bicyclic) bond motifs is 1. The van der Waals surface area contributed by atoms with Gasteiger partial charge in [-0.15, -0.1) is 5.10 Å².